The maximum Gasteiger partial charge on any atom is 0.433 e. The van der Waals surface area contributed by atoms with Crippen molar-refractivity contribution in [1.82, 2.24) is 14.8 Å². The second kappa shape index (κ2) is 8.02. The fourth-order valence-corrected chi connectivity index (χ4v) is 4.70. The third-order valence-electron chi connectivity index (χ3n) is 6.45. The van der Waals surface area contributed by atoms with E-state index in [2.05, 4.69) is 28.1 Å². The van der Waals surface area contributed by atoms with Crippen molar-refractivity contribution < 1.29 is 18.0 Å². The molecule has 4 nitrogen and oxygen atoms in total. The molecule has 0 bridgehead atoms. The van der Waals surface area contributed by atoms with Crippen molar-refractivity contribution in [2.24, 2.45) is 5.41 Å². The van der Waals surface area contributed by atoms with E-state index >= 15 is 0 Å². The zero-order chi connectivity index (χ0) is 21.4. The lowest BCUT2D eigenvalue weighted by molar-refractivity contribution is -0.141. The Morgan fingerprint density at radius 2 is 1.80 bits per heavy atom. The zero-order valence-corrected chi connectivity index (χ0v) is 17.1. The first-order valence-electron chi connectivity index (χ1n) is 10.3. The highest BCUT2D eigenvalue weighted by Gasteiger charge is 2.39. The Hall–Kier alpha value is -2.41. The summed E-state index contributed by atoms with van der Waals surface area (Å²) < 4.78 is 38.1. The van der Waals surface area contributed by atoms with Crippen molar-refractivity contribution in [2.45, 2.75) is 45.5 Å². The van der Waals surface area contributed by atoms with Crippen molar-refractivity contribution in [3.05, 3.63) is 65.0 Å². The lowest BCUT2D eigenvalue weighted by Crippen LogP contribution is -2.46. The number of amides is 1. The predicted molar refractivity (Wildman–Crippen MR) is 107 cm³/mol. The van der Waals surface area contributed by atoms with E-state index in [0.717, 1.165) is 50.5 Å². The number of halogens is 3. The second-order valence-electron chi connectivity index (χ2n) is 8.65. The predicted octanol–water partition coefficient (Wildman–Crippen LogP) is 4.29. The van der Waals surface area contributed by atoms with Gasteiger partial charge in [0.05, 0.1) is 0 Å². The number of fused-ring (bicyclic) bond motifs is 1. The molecule has 4 rings (SSSR count). The molecule has 2 aliphatic heterocycles. The molecule has 0 atom stereocenters. The summed E-state index contributed by atoms with van der Waals surface area (Å²) in [5.74, 6) is 0.101. The maximum absolute atomic E-state index is 12.7. The first kappa shape index (κ1) is 20.8. The zero-order valence-electron chi connectivity index (χ0n) is 17.1. The van der Waals surface area contributed by atoms with Gasteiger partial charge >= 0.3 is 6.18 Å². The number of piperidine rings is 1. The molecule has 0 radical (unpaired) electrons. The highest BCUT2D eigenvalue weighted by Crippen LogP contribution is 2.40. The fraction of sp³-hybridized carbons (Fsp3) is 0.478. The molecule has 1 fully saturated rings. The molecule has 0 aliphatic carbocycles. The molecule has 1 amide bonds. The molecule has 1 saturated heterocycles. The summed E-state index contributed by atoms with van der Waals surface area (Å²) in [5.41, 5.74) is 2.53. The van der Waals surface area contributed by atoms with E-state index < -0.39 is 11.9 Å². The molecule has 160 valence electrons. The Morgan fingerprint density at radius 1 is 1.10 bits per heavy atom. The summed E-state index contributed by atoms with van der Waals surface area (Å²) in [6, 6.07) is 10.9. The van der Waals surface area contributed by atoms with Crippen LogP contribution in [0.25, 0.3) is 0 Å². The summed E-state index contributed by atoms with van der Waals surface area (Å²) in [4.78, 5) is 20.0. The number of carbonyl (C=O) groups excluding carboxylic acids is 1. The molecule has 0 unspecified atom stereocenters. The van der Waals surface area contributed by atoms with Gasteiger partial charge in [0.1, 0.15) is 5.69 Å². The van der Waals surface area contributed by atoms with Crippen molar-refractivity contribution in [3.63, 3.8) is 0 Å². The minimum atomic E-state index is -4.41. The Morgan fingerprint density at radius 3 is 2.40 bits per heavy atom. The highest BCUT2D eigenvalue weighted by atomic mass is 19.4. The number of alkyl halides is 3. The van der Waals surface area contributed by atoms with Gasteiger partial charge in [-0.05, 0) is 60.5 Å². The van der Waals surface area contributed by atoms with Crippen LogP contribution in [-0.2, 0) is 30.5 Å². The van der Waals surface area contributed by atoms with Gasteiger partial charge in [0.15, 0.2) is 0 Å². The van der Waals surface area contributed by atoms with Crippen LogP contribution >= 0.6 is 0 Å². The number of rotatable bonds is 2. The average molecular weight is 417 g/mol. The summed E-state index contributed by atoms with van der Waals surface area (Å²) in [7, 11) is 0. The van der Waals surface area contributed by atoms with Gasteiger partial charge in [0, 0.05) is 32.8 Å². The van der Waals surface area contributed by atoms with Crippen LogP contribution in [0.4, 0.5) is 13.2 Å². The number of carbonyl (C=O) groups is 1. The average Bonchev–Trinajstić information content (AvgIpc) is 2.86. The first-order chi connectivity index (χ1) is 14.2. The van der Waals surface area contributed by atoms with Crippen LogP contribution in [0.15, 0.2) is 42.6 Å². The topological polar surface area (TPSA) is 36.4 Å². The van der Waals surface area contributed by atoms with Gasteiger partial charge in [-0.1, -0.05) is 30.3 Å². The van der Waals surface area contributed by atoms with Crippen LogP contribution in [0.1, 0.15) is 42.1 Å². The molecular formula is C23H26F3N3O. The summed E-state index contributed by atoms with van der Waals surface area (Å²) in [6.45, 7) is 5.35. The first-order valence-corrected chi connectivity index (χ1v) is 10.3. The number of benzene rings is 1. The van der Waals surface area contributed by atoms with E-state index in [9.17, 15) is 18.0 Å². The molecule has 7 heteroatoms. The molecule has 3 heterocycles. The molecule has 2 aliphatic rings. The number of pyridine rings is 1. The number of nitrogens with zero attached hydrogens (tertiary/aromatic N) is 3. The van der Waals surface area contributed by atoms with Gasteiger partial charge in [0.25, 0.3) is 0 Å². The van der Waals surface area contributed by atoms with Crippen molar-refractivity contribution in [1.29, 1.82) is 0 Å². The van der Waals surface area contributed by atoms with Crippen LogP contribution < -0.4 is 0 Å². The van der Waals surface area contributed by atoms with E-state index in [1.165, 1.54) is 23.4 Å². The minimum absolute atomic E-state index is 0.0488. The van der Waals surface area contributed by atoms with Gasteiger partial charge in [-0.25, -0.2) is 0 Å². The fourth-order valence-electron chi connectivity index (χ4n) is 4.70. The van der Waals surface area contributed by atoms with Gasteiger partial charge in [0.2, 0.25) is 5.91 Å². The number of likely N-dealkylation sites (tertiary alicyclic amines) is 1. The largest absolute Gasteiger partial charge is 0.433 e. The van der Waals surface area contributed by atoms with Crippen LogP contribution in [0, 0.1) is 5.41 Å². The number of hydrogen-bond donors (Lipinski definition) is 0. The molecule has 1 aromatic heterocycles. The maximum atomic E-state index is 12.7. The number of hydrogen-bond acceptors (Lipinski definition) is 3. The van der Waals surface area contributed by atoms with Gasteiger partial charge < -0.3 is 4.90 Å². The molecule has 0 N–H and O–H groups in total. The standard InChI is InChI=1S/C23H26F3N3O/c1-17(30)29-15-20-5-3-2-4-19(20)12-22(16-29)8-10-28(11-9-22)14-18-6-7-21(27-13-18)23(24,25)26/h2-7,13H,8-12,14-16H2,1H3. The van der Waals surface area contributed by atoms with Crippen LogP contribution in [0.5, 0.6) is 0 Å². The van der Waals surface area contributed by atoms with Crippen LogP contribution in [-0.4, -0.2) is 40.3 Å². The normalized spacial score (nSPS) is 19.4. The number of aromatic nitrogens is 1. The van der Waals surface area contributed by atoms with E-state index in [4.69, 9.17) is 0 Å². The van der Waals surface area contributed by atoms with Gasteiger partial charge in [-0.15, -0.1) is 0 Å². The molecule has 1 aromatic carbocycles. The summed E-state index contributed by atoms with van der Waals surface area (Å²) >= 11 is 0. The van der Waals surface area contributed by atoms with E-state index in [1.807, 2.05) is 11.0 Å². The highest BCUT2D eigenvalue weighted by molar-refractivity contribution is 5.73. The van der Waals surface area contributed by atoms with Crippen LogP contribution in [0.3, 0.4) is 0 Å². The lowest BCUT2D eigenvalue weighted by Gasteiger charge is -2.43. The molecule has 1 spiro atoms. The molecule has 0 saturated carbocycles. The van der Waals surface area contributed by atoms with Crippen molar-refractivity contribution in [2.75, 3.05) is 19.6 Å². The SMILES string of the molecule is CC(=O)N1Cc2ccccc2CC2(CCN(Cc3ccc(C(F)(F)F)nc3)CC2)C1. The Bertz CT molecular complexity index is 903. The lowest BCUT2D eigenvalue weighted by atomic mass is 9.73. The summed E-state index contributed by atoms with van der Waals surface area (Å²) in [5, 5.41) is 0. The minimum Gasteiger partial charge on any atom is -0.338 e. The molecule has 2 aromatic rings. The Labute approximate surface area is 174 Å². The smallest absolute Gasteiger partial charge is 0.338 e. The third kappa shape index (κ3) is 4.51. The summed E-state index contributed by atoms with van der Waals surface area (Å²) in [6.07, 6.45) is -0.206. The monoisotopic (exact) mass is 417 g/mol. The Kier molecular flexibility index (Phi) is 5.57. The van der Waals surface area contributed by atoms with Crippen molar-refractivity contribution in [3.8, 4) is 0 Å². The van der Waals surface area contributed by atoms with E-state index in [0.29, 0.717) is 13.1 Å². The quantitative estimate of drug-likeness (QED) is 0.732. The molecular weight excluding hydrogens is 391 g/mol. The van der Waals surface area contributed by atoms with Crippen molar-refractivity contribution >= 4 is 5.91 Å². The van der Waals surface area contributed by atoms with Gasteiger partial charge in [-0.2, -0.15) is 13.2 Å². The van der Waals surface area contributed by atoms with Gasteiger partial charge in [-0.3, -0.25) is 14.7 Å². The third-order valence-corrected chi connectivity index (χ3v) is 6.45. The van der Waals surface area contributed by atoms with E-state index in [1.54, 1.807) is 6.92 Å². The van der Waals surface area contributed by atoms with Crippen LogP contribution in [0.2, 0.25) is 0 Å². The second-order valence-corrected chi connectivity index (χ2v) is 8.65. The Balaban J connectivity index is 1.44. The molecule has 30 heavy (non-hydrogen) atoms. The van der Waals surface area contributed by atoms with E-state index in [-0.39, 0.29) is 11.3 Å².